The largest absolute Gasteiger partial charge is 0.384 e. The molecule has 1 heterocycles. The third kappa shape index (κ3) is 2.34. The third-order valence-corrected chi connectivity index (χ3v) is 3.75. The normalized spacial score (nSPS) is 16.1. The van der Waals surface area contributed by atoms with Gasteiger partial charge in [-0.05, 0) is 23.9 Å². The zero-order valence-electron chi connectivity index (χ0n) is 11.4. The Morgan fingerprint density at radius 1 is 1.05 bits per heavy atom. The van der Waals surface area contributed by atoms with E-state index in [4.69, 9.17) is 15.9 Å². The number of hydrogen-bond donors (Lipinski definition) is 2. The number of nitrogens with one attached hydrogen (secondary N) is 1. The first kappa shape index (κ1) is 12.9. The molecule has 0 aromatic heterocycles. The maximum atomic E-state index is 7.71. The summed E-state index contributed by atoms with van der Waals surface area (Å²) in [5.41, 5.74) is 7.69. The molecule has 0 unspecified atom stereocenters. The van der Waals surface area contributed by atoms with Crippen molar-refractivity contribution in [1.29, 1.82) is 5.41 Å². The van der Waals surface area contributed by atoms with Gasteiger partial charge in [0.05, 0.1) is 6.61 Å². The van der Waals surface area contributed by atoms with Gasteiger partial charge in [0.2, 0.25) is 0 Å². The Bertz CT molecular complexity index is 631. The van der Waals surface area contributed by atoms with Crippen LogP contribution in [-0.2, 0) is 4.74 Å². The fourth-order valence-electron chi connectivity index (χ4n) is 2.78. The Morgan fingerprint density at radius 2 is 1.85 bits per heavy atom. The number of ether oxygens (including phenoxy) is 1. The van der Waals surface area contributed by atoms with E-state index in [1.54, 1.807) is 0 Å². The lowest BCUT2D eigenvalue weighted by atomic mass is 10.0. The smallest absolute Gasteiger partial charge is 0.123 e. The molecule has 2 aromatic rings. The lowest BCUT2D eigenvalue weighted by Crippen LogP contribution is -2.26. The maximum absolute atomic E-state index is 7.71. The molecule has 3 N–H and O–H groups in total. The number of amidine groups is 1. The van der Waals surface area contributed by atoms with Crippen LogP contribution in [0.3, 0.4) is 0 Å². The topological polar surface area (TPSA) is 62.3 Å². The van der Waals surface area contributed by atoms with Gasteiger partial charge in [0.15, 0.2) is 0 Å². The minimum Gasteiger partial charge on any atom is -0.384 e. The van der Waals surface area contributed by atoms with Crippen LogP contribution in [0.25, 0.3) is 10.8 Å². The van der Waals surface area contributed by atoms with Crippen LogP contribution in [0.2, 0.25) is 0 Å². The fraction of sp³-hybridized carbons (Fsp3) is 0.312. The number of hydrogen-bond acceptors (Lipinski definition) is 3. The van der Waals surface area contributed by atoms with E-state index in [2.05, 4.69) is 17.0 Å². The number of benzene rings is 2. The summed E-state index contributed by atoms with van der Waals surface area (Å²) >= 11 is 0. The summed E-state index contributed by atoms with van der Waals surface area (Å²) in [4.78, 5) is 2.36. The van der Waals surface area contributed by atoms with E-state index in [9.17, 15) is 0 Å². The van der Waals surface area contributed by atoms with Crippen molar-refractivity contribution in [3.8, 4) is 0 Å². The SMILES string of the molecule is N=C(N)c1ccc(N2CCCOCC2)c2ccccc12. The van der Waals surface area contributed by atoms with Gasteiger partial charge < -0.3 is 15.4 Å². The summed E-state index contributed by atoms with van der Waals surface area (Å²) in [5, 5.41) is 9.91. The van der Waals surface area contributed by atoms with Crippen molar-refractivity contribution >= 4 is 22.3 Å². The molecule has 0 bridgehead atoms. The third-order valence-electron chi connectivity index (χ3n) is 3.75. The molecule has 4 nitrogen and oxygen atoms in total. The van der Waals surface area contributed by atoms with Crippen molar-refractivity contribution in [2.75, 3.05) is 31.2 Å². The first-order chi connectivity index (χ1) is 9.77. The number of fused-ring (bicyclic) bond motifs is 1. The lowest BCUT2D eigenvalue weighted by Gasteiger charge is -2.24. The van der Waals surface area contributed by atoms with Crippen molar-refractivity contribution in [2.24, 2.45) is 5.73 Å². The van der Waals surface area contributed by atoms with Crippen LogP contribution in [0.1, 0.15) is 12.0 Å². The second kappa shape index (κ2) is 5.51. The Balaban J connectivity index is 2.12. The van der Waals surface area contributed by atoms with Gasteiger partial charge in [-0.1, -0.05) is 24.3 Å². The molecule has 0 atom stereocenters. The lowest BCUT2D eigenvalue weighted by molar-refractivity contribution is 0.152. The summed E-state index contributed by atoms with van der Waals surface area (Å²) in [6.45, 7) is 3.51. The maximum Gasteiger partial charge on any atom is 0.123 e. The molecule has 0 aliphatic carbocycles. The van der Waals surface area contributed by atoms with Gasteiger partial charge in [0.25, 0.3) is 0 Å². The molecule has 20 heavy (non-hydrogen) atoms. The van der Waals surface area contributed by atoms with Crippen LogP contribution in [0, 0.1) is 5.41 Å². The second-order valence-electron chi connectivity index (χ2n) is 5.04. The van der Waals surface area contributed by atoms with E-state index in [-0.39, 0.29) is 5.84 Å². The average molecular weight is 269 g/mol. The molecule has 4 heteroatoms. The number of nitrogen functional groups attached to an aromatic ring is 1. The van der Waals surface area contributed by atoms with Crippen LogP contribution in [-0.4, -0.2) is 32.1 Å². The summed E-state index contributed by atoms with van der Waals surface area (Å²) in [5.74, 6) is 0.118. The Kier molecular flexibility index (Phi) is 3.56. The highest BCUT2D eigenvalue weighted by molar-refractivity contribution is 6.10. The van der Waals surface area contributed by atoms with Crippen LogP contribution in [0.4, 0.5) is 5.69 Å². The van der Waals surface area contributed by atoms with Crippen molar-refractivity contribution in [3.63, 3.8) is 0 Å². The second-order valence-corrected chi connectivity index (χ2v) is 5.04. The number of nitrogens with zero attached hydrogens (tertiary/aromatic N) is 1. The number of anilines is 1. The zero-order chi connectivity index (χ0) is 13.9. The van der Waals surface area contributed by atoms with Crippen molar-refractivity contribution < 1.29 is 4.74 Å². The highest BCUT2D eigenvalue weighted by Gasteiger charge is 2.14. The number of rotatable bonds is 2. The van der Waals surface area contributed by atoms with Gasteiger partial charge in [-0.3, -0.25) is 5.41 Å². The molecule has 1 fully saturated rings. The molecule has 0 radical (unpaired) electrons. The summed E-state index contributed by atoms with van der Waals surface area (Å²) in [7, 11) is 0. The quantitative estimate of drug-likeness (QED) is 0.650. The molecule has 104 valence electrons. The standard InChI is InChI=1S/C16H19N3O/c17-16(18)14-6-7-15(13-5-2-1-4-12(13)14)19-8-3-10-20-11-9-19/h1-2,4-7H,3,8-11H2,(H3,17,18). The van der Waals surface area contributed by atoms with Gasteiger partial charge >= 0.3 is 0 Å². The molecule has 2 aromatic carbocycles. The van der Waals surface area contributed by atoms with E-state index < -0.39 is 0 Å². The summed E-state index contributed by atoms with van der Waals surface area (Å²) in [6, 6.07) is 12.2. The van der Waals surface area contributed by atoms with E-state index in [1.807, 2.05) is 24.3 Å². The molecule has 0 saturated carbocycles. The van der Waals surface area contributed by atoms with E-state index in [0.29, 0.717) is 0 Å². The van der Waals surface area contributed by atoms with Gasteiger partial charge in [0, 0.05) is 36.3 Å². The highest BCUT2D eigenvalue weighted by atomic mass is 16.5. The molecule has 1 aliphatic rings. The monoisotopic (exact) mass is 269 g/mol. The molecular formula is C16H19N3O. The van der Waals surface area contributed by atoms with Crippen LogP contribution in [0.15, 0.2) is 36.4 Å². The van der Waals surface area contributed by atoms with Gasteiger partial charge in [-0.25, -0.2) is 0 Å². The Labute approximate surface area is 118 Å². The van der Waals surface area contributed by atoms with Gasteiger partial charge in [-0.15, -0.1) is 0 Å². The van der Waals surface area contributed by atoms with E-state index in [0.717, 1.165) is 49.1 Å². The van der Waals surface area contributed by atoms with E-state index in [1.165, 1.54) is 5.69 Å². The van der Waals surface area contributed by atoms with Gasteiger partial charge in [-0.2, -0.15) is 0 Å². The molecule has 3 rings (SSSR count). The first-order valence-corrected chi connectivity index (χ1v) is 6.96. The van der Waals surface area contributed by atoms with Crippen molar-refractivity contribution in [1.82, 2.24) is 0 Å². The van der Waals surface area contributed by atoms with Crippen molar-refractivity contribution in [3.05, 3.63) is 42.0 Å². The molecule has 0 amide bonds. The fourth-order valence-corrected chi connectivity index (χ4v) is 2.78. The van der Waals surface area contributed by atoms with Crippen LogP contribution in [0.5, 0.6) is 0 Å². The molecule has 0 spiro atoms. The predicted octanol–water partition coefficient (Wildman–Crippen LogP) is 2.35. The summed E-state index contributed by atoms with van der Waals surface area (Å²) in [6.07, 6.45) is 1.04. The Hall–Kier alpha value is -2.07. The Morgan fingerprint density at radius 3 is 2.65 bits per heavy atom. The van der Waals surface area contributed by atoms with Crippen LogP contribution >= 0.6 is 0 Å². The average Bonchev–Trinajstić information content (AvgIpc) is 2.75. The predicted molar refractivity (Wildman–Crippen MR) is 82.6 cm³/mol. The zero-order valence-corrected chi connectivity index (χ0v) is 11.4. The summed E-state index contributed by atoms with van der Waals surface area (Å²) < 4.78 is 5.52. The molecule has 1 aliphatic heterocycles. The van der Waals surface area contributed by atoms with Crippen molar-refractivity contribution in [2.45, 2.75) is 6.42 Å². The van der Waals surface area contributed by atoms with Crippen LogP contribution < -0.4 is 10.6 Å². The first-order valence-electron chi connectivity index (χ1n) is 6.96. The minimum atomic E-state index is 0.118. The van der Waals surface area contributed by atoms with Gasteiger partial charge in [0.1, 0.15) is 5.84 Å². The van der Waals surface area contributed by atoms with E-state index >= 15 is 0 Å². The molecule has 1 saturated heterocycles. The highest BCUT2D eigenvalue weighted by Crippen LogP contribution is 2.30. The molecular weight excluding hydrogens is 250 g/mol. The minimum absolute atomic E-state index is 0.118. The number of nitrogens with two attached hydrogens (primary N) is 1.